The molecular formula is C33H35BrN2O3. The summed E-state index contributed by atoms with van der Waals surface area (Å²) in [5.41, 5.74) is 2.57. The molecule has 0 fully saturated rings. The molecule has 0 radical (unpaired) electrons. The summed E-state index contributed by atoms with van der Waals surface area (Å²) in [6.07, 6.45) is 0.389. The number of ether oxygens (including phenoxy) is 1. The fourth-order valence-corrected chi connectivity index (χ4v) is 5.13. The number of amides is 2. The van der Waals surface area contributed by atoms with E-state index in [1.807, 2.05) is 119 Å². The van der Waals surface area contributed by atoms with Crippen molar-refractivity contribution in [2.24, 2.45) is 0 Å². The Hall–Kier alpha value is -3.64. The number of hydrogen-bond donors (Lipinski definition) is 1. The highest BCUT2D eigenvalue weighted by Crippen LogP contribution is 2.33. The van der Waals surface area contributed by atoms with Gasteiger partial charge in [-0.3, -0.25) is 9.59 Å². The van der Waals surface area contributed by atoms with Gasteiger partial charge in [0.25, 0.3) is 5.91 Å². The highest BCUT2D eigenvalue weighted by Gasteiger charge is 2.32. The van der Waals surface area contributed by atoms with Gasteiger partial charge in [-0.2, -0.15) is 0 Å². The Bertz CT molecular complexity index is 1450. The molecule has 0 saturated carbocycles. The molecule has 5 nitrogen and oxygen atoms in total. The lowest BCUT2D eigenvalue weighted by Crippen LogP contribution is -2.55. The van der Waals surface area contributed by atoms with Crippen LogP contribution in [0.1, 0.15) is 37.5 Å². The van der Waals surface area contributed by atoms with Crippen LogP contribution in [0, 0.1) is 6.92 Å². The smallest absolute Gasteiger partial charge is 0.261 e. The van der Waals surface area contributed by atoms with Gasteiger partial charge in [0.15, 0.2) is 6.61 Å². The molecule has 4 aromatic carbocycles. The molecule has 0 saturated heterocycles. The quantitative estimate of drug-likeness (QED) is 0.233. The summed E-state index contributed by atoms with van der Waals surface area (Å²) in [5.74, 6) is 0.125. The molecule has 0 aliphatic rings. The number of fused-ring (bicyclic) bond motifs is 1. The molecule has 2 amide bonds. The molecule has 202 valence electrons. The zero-order chi connectivity index (χ0) is 28.0. The molecule has 4 aromatic rings. The lowest BCUT2D eigenvalue weighted by Gasteiger charge is -2.34. The van der Waals surface area contributed by atoms with Crippen LogP contribution in [0.2, 0.25) is 0 Å². The summed E-state index contributed by atoms with van der Waals surface area (Å²) < 4.78 is 6.86. The summed E-state index contributed by atoms with van der Waals surface area (Å²) in [6.45, 7) is 7.94. The first-order chi connectivity index (χ1) is 18.6. The predicted octanol–water partition coefficient (Wildman–Crippen LogP) is 6.84. The van der Waals surface area contributed by atoms with Crippen molar-refractivity contribution >= 4 is 38.5 Å². The van der Waals surface area contributed by atoms with E-state index in [9.17, 15) is 9.59 Å². The Labute approximate surface area is 239 Å². The third-order valence-corrected chi connectivity index (χ3v) is 7.37. The first kappa shape index (κ1) is 28.4. The van der Waals surface area contributed by atoms with Crippen molar-refractivity contribution in [2.45, 2.75) is 52.2 Å². The van der Waals surface area contributed by atoms with Crippen molar-refractivity contribution in [3.63, 3.8) is 0 Å². The number of carbonyl (C=O) groups excluding carboxylic acids is 2. The van der Waals surface area contributed by atoms with Crippen molar-refractivity contribution in [2.75, 3.05) is 6.61 Å². The number of hydrogen-bond acceptors (Lipinski definition) is 3. The largest absolute Gasteiger partial charge is 0.483 e. The second-order valence-electron chi connectivity index (χ2n) is 10.8. The molecule has 1 atom stereocenters. The molecule has 4 rings (SSSR count). The molecule has 1 N–H and O–H groups in total. The van der Waals surface area contributed by atoms with Gasteiger partial charge < -0.3 is 15.0 Å². The van der Waals surface area contributed by atoms with Crippen molar-refractivity contribution in [1.29, 1.82) is 0 Å². The number of nitrogens with zero attached hydrogens (tertiary/aromatic N) is 1. The second kappa shape index (κ2) is 12.5. The van der Waals surface area contributed by atoms with Crippen LogP contribution in [0.15, 0.2) is 95.5 Å². The van der Waals surface area contributed by atoms with Gasteiger partial charge >= 0.3 is 0 Å². The summed E-state index contributed by atoms with van der Waals surface area (Å²) >= 11 is 3.65. The van der Waals surface area contributed by atoms with Crippen LogP contribution >= 0.6 is 15.9 Å². The predicted molar refractivity (Wildman–Crippen MR) is 161 cm³/mol. The van der Waals surface area contributed by atoms with Gasteiger partial charge in [0.05, 0.1) is 4.47 Å². The zero-order valence-corrected chi connectivity index (χ0v) is 24.5. The van der Waals surface area contributed by atoms with Gasteiger partial charge in [-0.05, 0) is 77.2 Å². The first-order valence-corrected chi connectivity index (χ1v) is 13.9. The molecule has 0 aliphatic carbocycles. The summed E-state index contributed by atoms with van der Waals surface area (Å²) in [4.78, 5) is 29.3. The van der Waals surface area contributed by atoms with E-state index in [2.05, 4.69) is 21.2 Å². The minimum absolute atomic E-state index is 0.194. The topological polar surface area (TPSA) is 58.6 Å². The third kappa shape index (κ3) is 7.48. The molecule has 0 aliphatic heterocycles. The average molecular weight is 588 g/mol. The number of benzene rings is 4. The molecule has 0 aromatic heterocycles. The Kier molecular flexibility index (Phi) is 9.08. The van der Waals surface area contributed by atoms with E-state index in [0.29, 0.717) is 18.7 Å². The van der Waals surface area contributed by atoms with Crippen LogP contribution in [0.4, 0.5) is 0 Å². The number of carbonyl (C=O) groups is 2. The van der Waals surface area contributed by atoms with Crippen LogP contribution in [0.25, 0.3) is 10.8 Å². The van der Waals surface area contributed by atoms with Gasteiger partial charge in [-0.15, -0.1) is 0 Å². The van der Waals surface area contributed by atoms with E-state index in [1.165, 1.54) is 0 Å². The van der Waals surface area contributed by atoms with Crippen molar-refractivity contribution < 1.29 is 14.3 Å². The number of aryl methyl sites for hydroxylation is 1. The SMILES string of the molecule is Cc1ccccc1CN(C(=O)COc1ccc2ccccc2c1Br)[C@H](Cc1ccccc1)C(=O)NC(C)(C)C. The Morgan fingerprint density at radius 1 is 0.897 bits per heavy atom. The Morgan fingerprint density at radius 2 is 1.56 bits per heavy atom. The number of rotatable bonds is 9. The fourth-order valence-electron chi connectivity index (χ4n) is 4.53. The van der Waals surface area contributed by atoms with Gasteiger partial charge in [0.2, 0.25) is 5.91 Å². The lowest BCUT2D eigenvalue weighted by molar-refractivity contribution is -0.143. The van der Waals surface area contributed by atoms with E-state index in [4.69, 9.17) is 4.74 Å². The minimum Gasteiger partial charge on any atom is -0.483 e. The monoisotopic (exact) mass is 586 g/mol. The maximum absolute atomic E-state index is 13.9. The molecule has 0 bridgehead atoms. The molecule has 0 unspecified atom stereocenters. The van der Waals surface area contributed by atoms with Crippen molar-refractivity contribution in [3.05, 3.63) is 112 Å². The van der Waals surface area contributed by atoms with E-state index in [0.717, 1.165) is 31.9 Å². The summed E-state index contributed by atoms with van der Waals surface area (Å²) in [5, 5.41) is 5.18. The molecule has 0 spiro atoms. The maximum atomic E-state index is 13.9. The maximum Gasteiger partial charge on any atom is 0.261 e. The minimum atomic E-state index is -0.720. The zero-order valence-electron chi connectivity index (χ0n) is 22.9. The van der Waals surface area contributed by atoms with Gasteiger partial charge in [-0.25, -0.2) is 0 Å². The summed E-state index contributed by atoms with van der Waals surface area (Å²) in [6, 6.07) is 28.8. The first-order valence-electron chi connectivity index (χ1n) is 13.1. The van der Waals surface area contributed by atoms with Gasteiger partial charge in [0.1, 0.15) is 11.8 Å². The van der Waals surface area contributed by atoms with Gasteiger partial charge in [0, 0.05) is 18.5 Å². The van der Waals surface area contributed by atoms with E-state index in [-0.39, 0.29) is 18.4 Å². The van der Waals surface area contributed by atoms with Gasteiger partial charge in [-0.1, -0.05) is 84.9 Å². The van der Waals surface area contributed by atoms with Crippen LogP contribution in [-0.4, -0.2) is 34.9 Å². The standard InChI is InChI=1S/C33H35BrN2O3/c1-23-12-8-9-16-26(23)21-36(28(32(38)35-33(2,3)4)20-24-13-6-5-7-14-24)30(37)22-39-29-19-18-25-15-10-11-17-27(25)31(29)34/h5-19,28H,20-22H2,1-4H3,(H,35,38)/t28-/m1/s1. The normalized spacial score (nSPS) is 12.1. The average Bonchev–Trinajstić information content (AvgIpc) is 2.91. The Morgan fingerprint density at radius 3 is 2.28 bits per heavy atom. The van der Waals surface area contributed by atoms with Crippen LogP contribution in [-0.2, 0) is 22.6 Å². The van der Waals surface area contributed by atoms with E-state index in [1.54, 1.807) is 4.90 Å². The fraction of sp³-hybridized carbons (Fsp3) is 0.273. The molecule has 0 heterocycles. The molecule has 39 heavy (non-hydrogen) atoms. The highest BCUT2D eigenvalue weighted by molar-refractivity contribution is 9.10. The second-order valence-corrected chi connectivity index (χ2v) is 11.6. The molecular weight excluding hydrogens is 552 g/mol. The van der Waals surface area contributed by atoms with Crippen LogP contribution in [0.3, 0.4) is 0 Å². The van der Waals surface area contributed by atoms with Crippen molar-refractivity contribution in [1.82, 2.24) is 10.2 Å². The number of nitrogens with one attached hydrogen (secondary N) is 1. The van der Waals surface area contributed by atoms with Crippen LogP contribution < -0.4 is 10.1 Å². The number of halogens is 1. The van der Waals surface area contributed by atoms with E-state index < -0.39 is 11.6 Å². The lowest BCUT2D eigenvalue weighted by atomic mass is 10.00. The van der Waals surface area contributed by atoms with Crippen LogP contribution in [0.5, 0.6) is 5.75 Å². The third-order valence-electron chi connectivity index (χ3n) is 6.55. The van der Waals surface area contributed by atoms with Crippen molar-refractivity contribution in [3.8, 4) is 5.75 Å². The highest BCUT2D eigenvalue weighted by atomic mass is 79.9. The van der Waals surface area contributed by atoms with E-state index >= 15 is 0 Å². The Balaban J connectivity index is 1.66. The summed E-state index contributed by atoms with van der Waals surface area (Å²) in [7, 11) is 0. The molecule has 6 heteroatoms.